The second kappa shape index (κ2) is 23.6. The number of nitrogens with zero attached hydrogens (tertiary/aromatic N) is 1. The van der Waals surface area contributed by atoms with Gasteiger partial charge in [0.1, 0.15) is 11.6 Å². The molecule has 5 nitrogen and oxygen atoms in total. The monoisotopic (exact) mass is 550 g/mol. The van der Waals surface area contributed by atoms with Crippen molar-refractivity contribution >= 4 is 23.2 Å². The molecule has 0 aromatic heterocycles. The Kier molecular flexibility index (Phi) is 23.0. The van der Waals surface area contributed by atoms with Gasteiger partial charge in [-0.25, -0.2) is 0 Å². The lowest BCUT2D eigenvalue weighted by Crippen LogP contribution is -2.24. The van der Waals surface area contributed by atoms with Crippen molar-refractivity contribution in [2.45, 2.75) is 107 Å². The number of hydrogen-bond donors (Lipinski definition) is 1. The molecule has 40 heavy (non-hydrogen) atoms. The highest BCUT2D eigenvalue weighted by atomic mass is 16.2. The van der Waals surface area contributed by atoms with Crippen LogP contribution in [-0.2, 0) is 14.4 Å². The molecule has 0 bridgehead atoms. The quantitative estimate of drug-likeness (QED) is 0.269. The Bertz CT molecular complexity index is 973. The zero-order valence-corrected chi connectivity index (χ0v) is 25.3. The van der Waals surface area contributed by atoms with E-state index in [1.165, 1.54) is 18.1 Å². The highest BCUT2D eigenvalue weighted by molar-refractivity contribution is 5.92. The second-order valence-electron chi connectivity index (χ2n) is 10.5. The molecule has 0 aliphatic carbocycles. The summed E-state index contributed by atoms with van der Waals surface area (Å²) in [5.74, 6) is 0.345. The Labute approximate surface area is 244 Å². The van der Waals surface area contributed by atoms with Crippen LogP contribution in [0.25, 0.3) is 0 Å². The zero-order chi connectivity index (χ0) is 29.6. The minimum Gasteiger partial charge on any atom is -0.326 e. The van der Waals surface area contributed by atoms with Crippen LogP contribution in [0.5, 0.6) is 0 Å². The topological polar surface area (TPSA) is 87.0 Å². The minimum absolute atomic E-state index is 0. The summed E-state index contributed by atoms with van der Waals surface area (Å²) in [7, 11) is 0. The Morgan fingerprint density at radius 1 is 0.850 bits per heavy atom. The highest BCUT2D eigenvalue weighted by Gasteiger charge is 2.20. The smallest absolute Gasteiger partial charge is 0.227 e. The normalized spacial score (nSPS) is 11.9. The summed E-state index contributed by atoms with van der Waals surface area (Å²) >= 11 is 0. The molecule has 1 amide bonds. The van der Waals surface area contributed by atoms with E-state index in [4.69, 9.17) is 5.26 Å². The molecule has 0 saturated carbocycles. The number of hydrogen-bond acceptors (Lipinski definition) is 4. The Morgan fingerprint density at radius 2 is 1.40 bits per heavy atom. The molecule has 0 saturated heterocycles. The number of benzene rings is 2. The molecule has 1 N–H and O–H groups in total. The molecule has 2 aromatic carbocycles. The van der Waals surface area contributed by atoms with Crippen LogP contribution >= 0.6 is 0 Å². The predicted molar refractivity (Wildman–Crippen MR) is 169 cm³/mol. The molecule has 0 spiro atoms. The summed E-state index contributed by atoms with van der Waals surface area (Å²) in [5, 5.41) is 11.7. The van der Waals surface area contributed by atoms with Crippen LogP contribution in [0.4, 0.5) is 5.69 Å². The maximum Gasteiger partial charge on any atom is 0.227 e. The number of anilines is 1. The van der Waals surface area contributed by atoms with Crippen LogP contribution in [0.1, 0.15) is 105 Å². The molecule has 2 aromatic rings. The standard InChI is InChI=1S/C15H20N2O.C11H20O2.C8H10.CH4/c1-3-7-13(10-12(2)11-16)15(18)17-14-8-5-4-6-9-14;1-4-5-6-9(2)11(13)8-7-10(3)12;1-7-3-5-8(2)6-4-7;/h4-6,8-9,12-13H,3,7,10H2,1-2H3,(H,17,18);9H,4-8H2,1-3H3;3-6H,1-2H3;1H4. The van der Waals surface area contributed by atoms with Gasteiger partial charge in [-0.3, -0.25) is 9.59 Å². The average molecular weight is 551 g/mol. The van der Waals surface area contributed by atoms with E-state index in [2.05, 4.69) is 63.3 Å². The van der Waals surface area contributed by atoms with Crippen LogP contribution in [0.3, 0.4) is 0 Å². The van der Waals surface area contributed by atoms with E-state index in [-0.39, 0.29) is 42.7 Å². The van der Waals surface area contributed by atoms with Gasteiger partial charge in [-0.15, -0.1) is 0 Å². The van der Waals surface area contributed by atoms with Gasteiger partial charge in [-0.05, 0) is 59.1 Å². The number of para-hydroxylation sites is 1. The molecule has 2 rings (SSSR count). The van der Waals surface area contributed by atoms with Gasteiger partial charge in [-0.2, -0.15) is 5.26 Å². The van der Waals surface area contributed by atoms with Crippen LogP contribution < -0.4 is 5.32 Å². The lowest BCUT2D eigenvalue weighted by Gasteiger charge is -2.17. The number of nitriles is 1. The zero-order valence-electron chi connectivity index (χ0n) is 25.3. The minimum atomic E-state index is -0.0805. The van der Waals surface area contributed by atoms with Gasteiger partial charge in [0, 0.05) is 36.3 Å². The van der Waals surface area contributed by atoms with Gasteiger partial charge >= 0.3 is 0 Å². The number of Topliss-reactive ketones (excluding diaryl/α,β-unsaturated/α-hetero) is 2. The fraction of sp³-hybridized carbons (Fsp3) is 0.543. The summed E-state index contributed by atoms with van der Waals surface area (Å²) in [6.07, 6.45) is 6.44. The summed E-state index contributed by atoms with van der Waals surface area (Å²) in [6.45, 7) is 13.7. The number of rotatable bonds is 13. The summed E-state index contributed by atoms with van der Waals surface area (Å²) < 4.78 is 0. The Morgan fingerprint density at radius 3 is 1.85 bits per heavy atom. The largest absolute Gasteiger partial charge is 0.326 e. The lowest BCUT2D eigenvalue weighted by molar-refractivity contribution is -0.125. The third kappa shape index (κ3) is 19.8. The van der Waals surface area contributed by atoms with Crippen molar-refractivity contribution in [1.82, 2.24) is 0 Å². The number of carbonyl (C=O) groups is 3. The fourth-order valence-corrected chi connectivity index (χ4v) is 3.80. The van der Waals surface area contributed by atoms with Gasteiger partial charge in [0.2, 0.25) is 5.91 Å². The maximum absolute atomic E-state index is 12.1. The van der Waals surface area contributed by atoms with E-state index in [9.17, 15) is 14.4 Å². The number of unbranched alkanes of at least 4 members (excludes halogenated alkanes) is 1. The lowest BCUT2D eigenvalue weighted by atomic mass is 9.92. The molecule has 0 aliphatic heterocycles. The van der Waals surface area contributed by atoms with Gasteiger partial charge in [-0.1, -0.05) is 101 Å². The van der Waals surface area contributed by atoms with Crippen LogP contribution in [-0.4, -0.2) is 17.5 Å². The summed E-state index contributed by atoms with van der Waals surface area (Å²) in [6, 6.07) is 20.1. The van der Waals surface area contributed by atoms with Crippen LogP contribution in [0.15, 0.2) is 54.6 Å². The molecule has 3 unspecified atom stereocenters. The van der Waals surface area contributed by atoms with E-state index in [1.54, 1.807) is 0 Å². The molecule has 0 radical (unpaired) electrons. The van der Waals surface area contributed by atoms with Crippen molar-refractivity contribution < 1.29 is 14.4 Å². The molecule has 0 fully saturated rings. The molecule has 0 heterocycles. The molecule has 0 aliphatic rings. The predicted octanol–water partition coefficient (Wildman–Crippen LogP) is 9.28. The highest BCUT2D eigenvalue weighted by Crippen LogP contribution is 2.19. The fourth-order valence-electron chi connectivity index (χ4n) is 3.80. The van der Waals surface area contributed by atoms with Crippen molar-refractivity contribution in [2.24, 2.45) is 17.8 Å². The first kappa shape index (κ1) is 38.9. The molecule has 222 valence electrons. The van der Waals surface area contributed by atoms with E-state index < -0.39 is 0 Å². The van der Waals surface area contributed by atoms with E-state index in [1.807, 2.05) is 44.2 Å². The van der Waals surface area contributed by atoms with Crippen molar-refractivity contribution in [3.63, 3.8) is 0 Å². The van der Waals surface area contributed by atoms with E-state index >= 15 is 0 Å². The number of carbonyl (C=O) groups excluding carboxylic acids is 3. The number of ketones is 2. The van der Waals surface area contributed by atoms with Crippen LogP contribution in [0, 0.1) is 42.9 Å². The molecule has 5 heteroatoms. The Hall–Kier alpha value is -3.26. The average Bonchev–Trinajstić information content (AvgIpc) is 2.92. The third-order valence-electron chi connectivity index (χ3n) is 6.39. The van der Waals surface area contributed by atoms with E-state index in [0.29, 0.717) is 19.3 Å². The van der Waals surface area contributed by atoms with Gasteiger partial charge in [0.05, 0.1) is 6.07 Å². The molecule has 3 atom stereocenters. The summed E-state index contributed by atoms with van der Waals surface area (Å²) in [4.78, 5) is 34.2. The first-order chi connectivity index (χ1) is 18.5. The number of amides is 1. The Balaban J connectivity index is 0. The number of aryl methyl sites for hydroxylation is 2. The molecular formula is C35H54N2O3. The van der Waals surface area contributed by atoms with Crippen molar-refractivity contribution in [1.29, 1.82) is 5.26 Å². The number of nitrogens with one attached hydrogen (secondary N) is 1. The van der Waals surface area contributed by atoms with Gasteiger partial charge < -0.3 is 10.1 Å². The third-order valence-corrected chi connectivity index (χ3v) is 6.39. The maximum atomic E-state index is 12.1. The van der Waals surface area contributed by atoms with Crippen molar-refractivity contribution in [2.75, 3.05) is 5.32 Å². The van der Waals surface area contributed by atoms with E-state index in [0.717, 1.165) is 37.8 Å². The second-order valence-corrected chi connectivity index (χ2v) is 10.5. The van der Waals surface area contributed by atoms with Crippen molar-refractivity contribution in [3.05, 3.63) is 65.7 Å². The SMILES string of the molecule is C.CCCC(CC(C)C#N)C(=O)Nc1ccccc1.CCCCC(C)C(=O)CCC(C)=O.Cc1ccc(C)cc1. The first-order valence-corrected chi connectivity index (χ1v) is 14.3. The van der Waals surface area contributed by atoms with Gasteiger partial charge in [0.15, 0.2) is 0 Å². The van der Waals surface area contributed by atoms with Crippen molar-refractivity contribution in [3.8, 4) is 6.07 Å². The first-order valence-electron chi connectivity index (χ1n) is 14.3. The van der Waals surface area contributed by atoms with Crippen LogP contribution in [0.2, 0.25) is 0 Å². The molecular weight excluding hydrogens is 496 g/mol. The summed E-state index contributed by atoms with van der Waals surface area (Å²) in [5.41, 5.74) is 3.47. The van der Waals surface area contributed by atoms with Gasteiger partial charge in [0.25, 0.3) is 0 Å².